The zero-order valence-corrected chi connectivity index (χ0v) is 11.9. The summed E-state index contributed by atoms with van der Waals surface area (Å²) in [6.45, 7) is 1.86. The number of hydrogen-bond donors (Lipinski definition) is 1. The van der Waals surface area contributed by atoms with E-state index in [0.717, 1.165) is 23.1 Å². The van der Waals surface area contributed by atoms with Gasteiger partial charge in [-0.3, -0.25) is 0 Å². The molecule has 5 heteroatoms. The number of fused-ring (bicyclic) bond motifs is 1. The van der Waals surface area contributed by atoms with Crippen molar-refractivity contribution in [2.45, 2.75) is 13.0 Å². The van der Waals surface area contributed by atoms with Crippen molar-refractivity contribution in [3.8, 4) is 0 Å². The molecule has 0 aliphatic heterocycles. The Hall–Kier alpha value is -1.91. The molecule has 0 aliphatic carbocycles. The zero-order chi connectivity index (χ0) is 15.1. The van der Waals surface area contributed by atoms with E-state index in [2.05, 4.69) is 0 Å². The second kappa shape index (κ2) is 5.13. The molecule has 0 aliphatic rings. The molecule has 0 spiro atoms. The highest BCUT2D eigenvalue weighted by Crippen LogP contribution is 2.33. The summed E-state index contributed by atoms with van der Waals surface area (Å²) in [7, 11) is 0. The van der Waals surface area contributed by atoms with Gasteiger partial charge in [-0.2, -0.15) is 0 Å². The van der Waals surface area contributed by atoms with Gasteiger partial charge in [0.15, 0.2) is 11.6 Å². The third kappa shape index (κ3) is 2.41. The van der Waals surface area contributed by atoms with Crippen LogP contribution in [0.2, 0.25) is 5.02 Å². The van der Waals surface area contributed by atoms with Crippen molar-refractivity contribution < 1.29 is 13.2 Å². The first-order chi connectivity index (χ1) is 9.97. The number of benzene rings is 2. The van der Waals surface area contributed by atoms with Crippen LogP contribution in [0.4, 0.5) is 8.78 Å². The Morgan fingerprint density at radius 1 is 1.10 bits per heavy atom. The van der Waals surface area contributed by atoms with Crippen LogP contribution >= 0.6 is 11.6 Å². The van der Waals surface area contributed by atoms with Crippen molar-refractivity contribution in [3.05, 3.63) is 69.9 Å². The SMILES string of the molecule is Cc1c(C(N)c2ccc(F)c(F)c2)oc2ccc(Cl)cc12. The van der Waals surface area contributed by atoms with E-state index in [1.165, 1.54) is 6.07 Å². The van der Waals surface area contributed by atoms with Crippen LogP contribution in [-0.4, -0.2) is 0 Å². The zero-order valence-electron chi connectivity index (χ0n) is 11.2. The maximum absolute atomic E-state index is 13.3. The molecule has 0 bridgehead atoms. The molecule has 0 amide bonds. The van der Waals surface area contributed by atoms with Crippen molar-refractivity contribution in [2.75, 3.05) is 0 Å². The van der Waals surface area contributed by atoms with Crippen LogP contribution in [0.15, 0.2) is 40.8 Å². The van der Waals surface area contributed by atoms with Crippen LogP contribution < -0.4 is 5.73 Å². The Morgan fingerprint density at radius 2 is 1.86 bits per heavy atom. The fraction of sp³-hybridized carbons (Fsp3) is 0.125. The predicted octanol–water partition coefficient (Wildman–Crippen LogP) is 4.72. The van der Waals surface area contributed by atoms with Gasteiger partial charge in [0, 0.05) is 16.0 Å². The average molecular weight is 308 g/mol. The molecule has 0 radical (unpaired) electrons. The molecular formula is C16H12ClF2NO. The Kier molecular flexibility index (Phi) is 3.43. The molecule has 1 atom stereocenters. The van der Waals surface area contributed by atoms with Gasteiger partial charge in [-0.1, -0.05) is 17.7 Å². The Bertz CT molecular complexity index is 829. The van der Waals surface area contributed by atoms with E-state index in [1.54, 1.807) is 18.2 Å². The summed E-state index contributed by atoms with van der Waals surface area (Å²) in [6.07, 6.45) is 0. The van der Waals surface area contributed by atoms with Gasteiger partial charge in [-0.25, -0.2) is 8.78 Å². The van der Waals surface area contributed by atoms with Crippen LogP contribution in [0.3, 0.4) is 0 Å². The van der Waals surface area contributed by atoms with Crippen LogP contribution in [0.25, 0.3) is 11.0 Å². The number of nitrogens with two attached hydrogens (primary N) is 1. The van der Waals surface area contributed by atoms with E-state index in [9.17, 15) is 8.78 Å². The van der Waals surface area contributed by atoms with E-state index < -0.39 is 17.7 Å². The number of hydrogen-bond acceptors (Lipinski definition) is 2. The first kappa shape index (κ1) is 14.0. The number of furan rings is 1. The van der Waals surface area contributed by atoms with Gasteiger partial charge in [-0.05, 0) is 42.8 Å². The standard InChI is InChI=1S/C16H12ClF2NO/c1-8-11-7-10(17)3-5-14(11)21-16(8)15(20)9-2-4-12(18)13(19)6-9/h2-7,15H,20H2,1H3. The fourth-order valence-corrected chi connectivity index (χ4v) is 2.54. The second-order valence-corrected chi connectivity index (χ2v) is 5.32. The molecule has 3 rings (SSSR count). The van der Waals surface area contributed by atoms with Gasteiger partial charge < -0.3 is 10.2 Å². The van der Waals surface area contributed by atoms with Crippen LogP contribution in [0, 0.1) is 18.6 Å². The maximum Gasteiger partial charge on any atom is 0.159 e. The van der Waals surface area contributed by atoms with Crippen molar-refractivity contribution in [1.29, 1.82) is 0 Å². The van der Waals surface area contributed by atoms with Crippen molar-refractivity contribution in [3.63, 3.8) is 0 Å². The Balaban J connectivity index is 2.10. The first-order valence-corrected chi connectivity index (χ1v) is 6.74. The molecule has 1 unspecified atom stereocenters. The predicted molar refractivity (Wildman–Crippen MR) is 78.3 cm³/mol. The van der Waals surface area contributed by atoms with Gasteiger partial charge in [0.25, 0.3) is 0 Å². The lowest BCUT2D eigenvalue weighted by molar-refractivity contribution is 0.498. The van der Waals surface area contributed by atoms with E-state index in [-0.39, 0.29) is 0 Å². The topological polar surface area (TPSA) is 39.2 Å². The highest BCUT2D eigenvalue weighted by Gasteiger charge is 2.20. The van der Waals surface area contributed by atoms with E-state index in [0.29, 0.717) is 21.9 Å². The molecule has 2 nitrogen and oxygen atoms in total. The molecular weight excluding hydrogens is 296 g/mol. The number of halogens is 3. The van der Waals surface area contributed by atoms with Gasteiger partial charge >= 0.3 is 0 Å². The highest BCUT2D eigenvalue weighted by atomic mass is 35.5. The van der Waals surface area contributed by atoms with Crippen LogP contribution in [-0.2, 0) is 0 Å². The summed E-state index contributed by atoms with van der Waals surface area (Å²) in [5.41, 5.74) is 8.06. The number of rotatable bonds is 2. The largest absolute Gasteiger partial charge is 0.459 e. The summed E-state index contributed by atoms with van der Waals surface area (Å²) in [5, 5.41) is 1.45. The van der Waals surface area contributed by atoms with Gasteiger partial charge in [0.05, 0.1) is 6.04 Å². The van der Waals surface area contributed by atoms with Gasteiger partial charge in [0.2, 0.25) is 0 Å². The molecule has 108 valence electrons. The minimum Gasteiger partial charge on any atom is -0.459 e. The summed E-state index contributed by atoms with van der Waals surface area (Å²) < 4.78 is 32.1. The van der Waals surface area contributed by atoms with E-state index in [1.807, 2.05) is 6.92 Å². The van der Waals surface area contributed by atoms with E-state index in [4.69, 9.17) is 21.8 Å². The second-order valence-electron chi connectivity index (χ2n) is 4.88. The number of aryl methyl sites for hydroxylation is 1. The molecule has 2 aromatic carbocycles. The quantitative estimate of drug-likeness (QED) is 0.744. The molecule has 21 heavy (non-hydrogen) atoms. The molecule has 0 saturated heterocycles. The first-order valence-electron chi connectivity index (χ1n) is 6.36. The van der Waals surface area contributed by atoms with Crippen LogP contribution in [0.1, 0.15) is 22.9 Å². The highest BCUT2D eigenvalue weighted by molar-refractivity contribution is 6.31. The third-order valence-corrected chi connectivity index (χ3v) is 3.76. The minimum absolute atomic E-state index is 0.446. The lowest BCUT2D eigenvalue weighted by Gasteiger charge is -2.10. The lowest BCUT2D eigenvalue weighted by Crippen LogP contribution is -2.12. The average Bonchev–Trinajstić information content (AvgIpc) is 2.78. The van der Waals surface area contributed by atoms with Crippen molar-refractivity contribution in [1.82, 2.24) is 0 Å². The van der Waals surface area contributed by atoms with Crippen molar-refractivity contribution >= 4 is 22.6 Å². The van der Waals surface area contributed by atoms with E-state index >= 15 is 0 Å². The molecule has 0 saturated carbocycles. The smallest absolute Gasteiger partial charge is 0.159 e. The third-order valence-electron chi connectivity index (χ3n) is 3.52. The summed E-state index contributed by atoms with van der Waals surface area (Å²) in [5.74, 6) is -1.32. The van der Waals surface area contributed by atoms with Gasteiger partial charge in [0.1, 0.15) is 11.3 Å². The lowest BCUT2D eigenvalue weighted by atomic mass is 10.0. The summed E-state index contributed by atoms with van der Waals surface area (Å²) in [6, 6.07) is 8.18. The Morgan fingerprint density at radius 3 is 2.57 bits per heavy atom. The fourth-order valence-electron chi connectivity index (χ4n) is 2.37. The summed E-state index contributed by atoms with van der Waals surface area (Å²) >= 11 is 5.97. The normalized spacial score (nSPS) is 12.8. The minimum atomic E-state index is -0.931. The monoisotopic (exact) mass is 307 g/mol. The molecule has 3 aromatic rings. The molecule has 1 aromatic heterocycles. The molecule has 1 heterocycles. The van der Waals surface area contributed by atoms with Gasteiger partial charge in [-0.15, -0.1) is 0 Å². The molecule has 0 fully saturated rings. The summed E-state index contributed by atoms with van der Waals surface area (Å²) in [4.78, 5) is 0. The molecule has 2 N–H and O–H groups in total. The van der Waals surface area contributed by atoms with Crippen LogP contribution in [0.5, 0.6) is 0 Å². The Labute approximate surface area is 125 Å². The maximum atomic E-state index is 13.3. The van der Waals surface area contributed by atoms with Crippen molar-refractivity contribution in [2.24, 2.45) is 5.73 Å².